The molecule has 1 N–H and O–H groups in total. The predicted octanol–water partition coefficient (Wildman–Crippen LogP) is 1.98. The molecule has 2 aromatic rings. The molecular formula is C21H22N2O7S2. The second kappa shape index (κ2) is 9.63. The molecule has 0 aliphatic carbocycles. The normalized spacial score (nSPS) is 13.2. The molecule has 1 aliphatic rings. The average molecular weight is 479 g/mol. The highest BCUT2D eigenvalue weighted by molar-refractivity contribution is 7.91. The van der Waals surface area contributed by atoms with Crippen molar-refractivity contribution in [2.24, 2.45) is 0 Å². The molecule has 0 radical (unpaired) electrons. The summed E-state index contributed by atoms with van der Waals surface area (Å²) in [7, 11) is -1.56. The maximum Gasteiger partial charge on any atom is 0.340 e. The van der Waals surface area contributed by atoms with Crippen LogP contribution in [0.3, 0.4) is 0 Å². The molecule has 1 amide bonds. The van der Waals surface area contributed by atoms with Crippen LogP contribution in [0.4, 0.5) is 0 Å². The first-order chi connectivity index (χ1) is 15.2. The van der Waals surface area contributed by atoms with Crippen molar-refractivity contribution in [2.75, 3.05) is 27.3 Å². The molecule has 0 fully saturated rings. The average Bonchev–Trinajstić information content (AvgIpc) is 3.21. The van der Waals surface area contributed by atoms with Gasteiger partial charge in [-0.1, -0.05) is 18.2 Å². The highest BCUT2D eigenvalue weighted by atomic mass is 32.2. The SMILES string of the molecule is C=CCNS(=O)(=O)c1sc2c(c1C(=O)OC)CCN(C(=O)c1ccccc1C(=O)OC)C2. The number of carbonyl (C=O) groups is 3. The molecule has 0 saturated heterocycles. The van der Waals surface area contributed by atoms with E-state index < -0.39 is 22.0 Å². The number of carbonyl (C=O) groups excluding carboxylic acids is 3. The van der Waals surface area contributed by atoms with Gasteiger partial charge in [0.25, 0.3) is 15.9 Å². The minimum absolute atomic E-state index is 0.000432. The number of hydrogen-bond donors (Lipinski definition) is 1. The number of fused-ring (bicyclic) bond motifs is 1. The fourth-order valence-electron chi connectivity index (χ4n) is 3.41. The van der Waals surface area contributed by atoms with Gasteiger partial charge in [0.05, 0.1) is 37.5 Å². The number of ether oxygens (including phenoxy) is 2. The number of nitrogens with one attached hydrogen (secondary N) is 1. The molecule has 1 aromatic heterocycles. The van der Waals surface area contributed by atoms with Gasteiger partial charge >= 0.3 is 11.9 Å². The summed E-state index contributed by atoms with van der Waals surface area (Å²) in [5.41, 5.74) is 0.870. The highest BCUT2D eigenvalue weighted by Crippen LogP contribution is 2.37. The predicted molar refractivity (Wildman–Crippen MR) is 117 cm³/mol. The molecule has 1 aliphatic heterocycles. The Balaban J connectivity index is 1.99. The Morgan fingerprint density at radius 1 is 1.16 bits per heavy atom. The number of hydrogen-bond acceptors (Lipinski definition) is 8. The zero-order valence-corrected chi connectivity index (χ0v) is 19.2. The number of methoxy groups -OCH3 is 2. The first kappa shape index (κ1) is 23.6. The van der Waals surface area contributed by atoms with Crippen molar-refractivity contribution >= 4 is 39.2 Å². The van der Waals surface area contributed by atoms with Gasteiger partial charge in [0.2, 0.25) is 0 Å². The van der Waals surface area contributed by atoms with E-state index in [2.05, 4.69) is 11.3 Å². The number of sulfonamides is 1. The molecule has 0 saturated carbocycles. The van der Waals surface area contributed by atoms with Gasteiger partial charge in [0.1, 0.15) is 4.21 Å². The summed E-state index contributed by atoms with van der Waals surface area (Å²) in [4.78, 5) is 39.7. The summed E-state index contributed by atoms with van der Waals surface area (Å²) in [5.74, 6) is -1.77. The smallest absolute Gasteiger partial charge is 0.340 e. The lowest BCUT2D eigenvalue weighted by Gasteiger charge is -2.27. The third kappa shape index (κ3) is 4.45. The number of benzene rings is 1. The molecule has 2 heterocycles. The van der Waals surface area contributed by atoms with Crippen LogP contribution in [0.1, 0.15) is 41.5 Å². The zero-order chi connectivity index (χ0) is 23.5. The second-order valence-electron chi connectivity index (χ2n) is 6.81. The summed E-state index contributed by atoms with van der Waals surface area (Å²) in [6, 6.07) is 6.32. The molecule has 32 heavy (non-hydrogen) atoms. The third-order valence-corrected chi connectivity index (χ3v) is 8.08. The first-order valence-electron chi connectivity index (χ1n) is 9.55. The van der Waals surface area contributed by atoms with E-state index in [0.29, 0.717) is 10.4 Å². The molecular weight excluding hydrogens is 456 g/mol. The van der Waals surface area contributed by atoms with Crippen LogP contribution in [0, 0.1) is 0 Å². The molecule has 1 aromatic carbocycles. The quantitative estimate of drug-likeness (QED) is 0.477. The van der Waals surface area contributed by atoms with E-state index >= 15 is 0 Å². The van der Waals surface area contributed by atoms with Crippen LogP contribution in [0.5, 0.6) is 0 Å². The fraction of sp³-hybridized carbons (Fsp3) is 0.286. The number of nitrogens with zero attached hydrogens (tertiary/aromatic N) is 1. The summed E-state index contributed by atoms with van der Waals surface area (Å²) in [6.45, 7) is 3.82. The lowest BCUT2D eigenvalue weighted by Crippen LogP contribution is -2.36. The van der Waals surface area contributed by atoms with Crippen LogP contribution in [0.25, 0.3) is 0 Å². The standard InChI is InChI=1S/C21H22N2O7S2/c1-4-10-22-32(27,28)21-17(20(26)30-3)15-9-11-23(12-16(15)31-21)18(24)13-7-5-6-8-14(13)19(25)29-2/h4-8,22H,1,9-12H2,2-3H3. The van der Waals surface area contributed by atoms with Crippen molar-refractivity contribution in [1.82, 2.24) is 9.62 Å². The molecule has 0 unspecified atom stereocenters. The van der Waals surface area contributed by atoms with Crippen LogP contribution in [0.15, 0.2) is 41.1 Å². The summed E-state index contributed by atoms with van der Waals surface area (Å²) in [6.07, 6.45) is 1.65. The van der Waals surface area contributed by atoms with Crippen LogP contribution >= 0.6 is 11.3 Å². The van der Waals surface area contributed by atoms with E-state index in [9.17, 15) is 22.8 Å². The largest absolute Gasteiger partial charge is 0.465 e. The van der Waals surface area contributed by atoms with Gasteiger partial charge < -0.3 is 14.4 Å². The van der Waals surface area contributed by atoms with Crippen molar-refractivity contribution in [3.8, 4) is 0 Å². The lowest BCUT2D eigenvalue weighted by molar-refractivity contribution is 0.0581. The van der Waals surface area contributed by atoms with E-state index in [0.717, 1.165) is 11.3 Å². The maximum absolute atomic E-state index is 13.2. The maximum atomic E-state index is 13.2. The third-order valence-electron chi connectivity index (χ3n) is 4.93. The van der Waals surface area contributed by atoms with Gasteiger partial charge in [0, 0.05) is 18.0 Å². The van der Waals surface area contributed by atoms with Crippen LogP contribution in [-0.2, 0) is 32.5 Å². The van der Waals surface area contributed by atoms with Crippen LogP contribution < -0.4 is 4.72 Å². The topological polar surface area (TPSA) is 119 Å². The first-order valence-corrected chi connectivity index (χ1v) is 11.8. The van der Waals surface area contributed by atoms with Crippen molar-refractivity contribution in [3.63, 3.8) is 0 Å². The van der Waals surface area contributed by atoms with Crippen molar-refractivity contribution in [1.29, 1.82) is 0 Å². The summed E-state index contributed by atoms with van der Waals surface area (Å²) < 4.78 is 37.3. The van der Waals surface area contributed by atoms with Gasteiger partial charge in [-0.3, -0.25) is 4.79 Å². The molecule has 0 atom stereocenters. The van der Waals surface area contributed by atoms with Gasteiger partial charge in [0.15, 0.2) is 0 Å². The van der Waals surface area contributed by atoms with Crippen molar-refractivity contribution in [3.05, 3.63) is 64.1 Å². The Hall–Kier alpha value is -3.02. The van der Waals surface area contributed by atoms with E-state index in [1.54, 1.807) is 12.1 Å². The molecule has 3 rings (SSSR count). The Kier molecular flexibility index (Phi) is 7.12. The Labute approximate surface area is 189 Å². The van der Waals surface area contributed by atoms with Gasteiger partial charge in [-0.05, 0) is 24.1 Å². The van der Waals surface area contributed by atoms with E-state index in [4.69, 9.17) is 9.47 Å². The zero-order valence-electron chi connectivity index (χ0n) is 17.5. The fourth-order valence-corrected chi connectivity index (χ4v) is 6.35. The number of amides is 1. The Morgan fingerprint density at radius 3 is 2.44 bits per heavy atom. The summed E-state index contributed by atoms with van der Waals surface area (Å²) >= 11 is 0.923. The number of esters is 2. The molecule has 0 spiro atoms. The van der Waals surface area contributed by atoms with Crippen LogP contribution in [-0.4, -0.2) is 58.5 Å². The minimum Gasteiger partial charge on any atom is -0.465 e. The minimum atomic E-state index is -3.98. The molecule has 9 nitrogen and oxygen atoms in total. The van der Waals surface area contributed by atoms with Crippen LogP contribution in [0.2, 0.25) is 0 Å². The Morgan fingerprint density at radius 2 is 1.81 bits per heavy atom. The van der Waals surface area contributed by atoms with Crippen molar-refractivity contribution < 1.29 is 32.3 Å². The van der Waals surface area contributed by atoms with Gasteiger partial charge in [-0.2, -0.15) is 0 Å². The van der Waals surface area contributed by atoms with E-state index in [1.807, 2.05) is 0 Å². The van der Waals surface area contributed by atoms with Gasteiger partial charge in [-0.15, -0.1) is 17.9 Å². The van der Waals surface area contributed by atoms with E-state index in [1.165, 1.54) is 37.3 Å². The number of rotatable bonds is 7. The number of thiophene rings is 1. The Bertz CT molecular complexity index is 1180. The van der Waals surface area contributed by atoms with Crippen molar-refractivity contribution in [2.45, 2.75) is 17.2 Å². The van der Waals surface area contributed by atoms with Gasteiger partial charge in [-0.25, -0.2) is 22.7 Å². The monoisotopic (exact) mass is 478 g/mol. The molecule has 0 bridgehead atoms. The molecule has 11 heteroatoms. The lowest BCUT2D eigenvalue weighted by atomic mass is 10.0. The molecule has 170 valence electrons. The van der Waals surface area contributed by atoms with E-state index in [-0.39, 0.29) is 52.9 Å². The summed E-state index contributed by atoms with van der Waals surface area (Å²) in [5, 5.41) is 0. The second-order valence-corrected chi connectivity index (χ2v) is 9.88. The highest BCUT2D eigenvalue weighted by Gasteiger charge is 2.35.